The fourth-order valence-electron chi connectivity index (χ4n) is 1.66. The molecule has 2 aromatic rings. The number of amides is 1. The number of pyridine rings is 1. The zero-order valence-corrected chi connectivity index (χ0v) is 10.3. The van der Waals surface area contributed by atoms with Crippen LogP contribution in [0.25, 0.3) is 10.9 Å². The predicted octanol–water partition coefficient (Wildman–Crippen LogP) is 2.01. The Labute approximate surface area is 108 Å². The largest absolute Gasteiger partial charge is 0.347 e. The summed E-state index contributed by atoms with van der Waals surface area (Å²) >= 11 is 5.58. The third kappa shape index (κ3) is 2.60. The Morgan fingerprint density at radius 3 is 2.83 bits per heavy atom. The zero-order valence-electron chi connectivity index (χ0n) is 9.50. The highest BCUT2D eigenvalue weighted by Gasteiger charge is 2.10. The Hall–Kier alpha value is -2.07. The van der Waals surface area contributed by atoms with Crippen LogP contribution in [-0.4, -0.2) is 17.4 Å². The molecule has 92 valence electrons. The van der Waals surface area contributed by atoms with Gasteiger partial charge in [-0.3, -0.25) is 9.59 Å². The topological polar surface area (TPSA) is 62.0 Å². The first-order chi connectivity index (χ1) is 8.58. The second-order valence-electron chi connectivity index (χ2n) is 3.79. The first-order valence-electron chi connectivity index (χ1n) is 5.31. The van der Waals surface area contributed by atoms with E-state index < -0.39 is 0 Å². The molecule has 2 rings (SSSR count). The number of aromatic amines is 1. The summed E-state index contributed by atoms with van der Waals surface area (Å²) in [5.41, 5.74) is 0.635. The molecule has 5 heteroatoms. The second-order valence-corrected chi connectivity index (χ2v) is 4.33. The summed E-state index contributed by atoms with van der Waals surface area (Å²) in [6.07, 6.45) is 0. The van der Waals surface area contributed by atoms with Crippen molar-refractivity contribution in [3.8, 4) is 0 Å². The van der Waals surface area contributed by atoms with Crippen LogP contribution in [0.5, 0.6) is 0 Å². The molecule has 1 heterocycles. The molecule has 0 atom stereocenters. The van der Waals surface area contributed by atoms with Crippen molar-refractivity contribution in [1.29, 1.82) is 0 Å². The number of fused-ring (bicyclic) bond motifs is 1. The van der Waals surface area contributed by atoms with E-state index in [0.29, 0.717) is 21.5 Å². The number of halogens is 1. The van der Waals surface area contributed by atoms with E-state index >= 15 is 0 Å². The summed E-state index contributed by atoms with van der Waals surface area (Å²) in [4.78, 5) is 26.1. The van der Waals surface area contributed by atoms with E-state index in [1.807, 2.05) is 0 Å². The number of rotatable bonds is 3. The lowest BCUT2D eigenvalue weighted by atomic mass is 10.1. The van der Waals surface area contributed by atoms with Gasteiger partial charge in [-0.2, -0.15) is 0 Å². The SMILES string of the molecule is C=C(Cl)CNC(=O)c1cc(=O)[nH]c2ccccc12. The van der Waals surface area contributed by atoms with Crippen molar-refractivity contribution >= 4 is 28.4 Å². The molecule has 0 radical (unpaired) electrons. The Bertz CT molecular complexity index is 676. The van der Waals surface area contributed by atoms with E-state index in [0.717, 1.165) is 0 Å². The Morgan fingerprint density at radius 1 is 1.39 bits per heavy atom. The summed E-state index contributed by atoms with van der Waals surface area (Å²) < 4.78 is 0. The van der Waals surface area contributed by atoms with Gasteiger partial charge >= 0.3 is 0 Å². The number of carbonyl (C=O) groups is 1. The van der Waals surface area contributed by atoms with Gasteiger partial charge in [0.1, 0.15) is 0 Å². The first-order valence-corrected chi connectivity index (χ1v) is 5.69. The molecule has 0 unspecified atom stereocenters. The van der Waals surface area contributed by atoms with Gasteiger partial charge in [-0.25, -0.2) is 0 Å². The molecule has 0 aliphatic heterocycles. The highest BCUT2D eigenvalue weighted by molar-refractivity contribution is 6.29. The van der Waals surface area contributed by atoms with E-state index in [1.54, 1.807) is 24.3 Å². The van der Waals surface area contributed by atoms with Gasteiger partial charge in [0, 0.05) is 22.0 Å². The maximum absolute atomic E-state index is 12.0. The van der Waals surface area contributed by atoms with Crippen molar-refractivity contribution in [2.75, 3.05) is 6.54 Å². The standard InChI is InChI=1S/C13H11ClN2O2/c1-8(14)7-15-13(18)10-6-12(17)16-11-5-3-2-4-9(10)11/h2-6H,1,7H2,(H,15,18)(H,16,17). The fourth-order valence-corrected chi connectivity index (χ4v) is 1.73. The van der Waals surface area contributed by atoms with E-state index in [-0.39, 0.29) is 18.0 Å². The van der Waals surface area contributed by atoms with Crippen molar-refractivity contribution in [3.63, 3.8) is 0 Å². The highest BCUT2D eigenvalue weighted by Crippen LogP contribution is 2.14. The minimum absolute atomic E-state index is 0.168. The molecule has 0 aliphatic carbocycles. The molecule has 0 saturated carbocycles. The molecule has 0 saturated heterocycles. The maximum atomic E-state index is 12.0. The van der Waals surface area contributed by atoms with E-state index in [2.05, 4.69) is 16.9 Å². The van der Waals surface area contributed by atoms with Crippen LogP contribution >= 0.6 is 11.6 Å². The third-order valence-electron chi connectivity index (χ3n) is 2.44. The number of hydrogen-bond donors (Lipinski definition) is 2. The van der Waals surface area contributed by atoms with Gasteiger partial charge in [-0.15, -0.1) is 0 Å². The lowest BCUT2D eigenvalue weighted by Gasteiger charge is -2.06. The molecule has 4 nitrogen and oxygen atoms in total. The third-order valence-corrected chi connectivity index (χ3v) is 2.57. The Kier molecular flexibility index (Phi) is 3.48. The number of nitrogens with one attached hydrogen (secondary N) is 2. The van der Waals surface area contributed by atoms with Crippen molar-refractivity contribution < 1.29 is 4.79 Å². The van der Waals surface area contributed by atoms with Crippen LogP contribution in [-0.2, 0) is 0 Å². The van der Waals surface area contributed by atoms with Crippen LogP contribution < -0.4 is 10.9 Å². The van der Waals surface area contributed by atoms with Crippen molar-refractivity contribution in [1.82, 2.24) is 10.3 Å². The minimum atomic E-state index is -0.348. The maximum Gasteiger partial charge on any atom is 0.252 e. The van der Waals surface area contributed by atoms with Crippen LogP contribution in [0.3, 0.4) is 0 Å². The molecule has 0 bridgehead atoms. The summed E-state index contributed by atoms with van der Waals surface area (Å²) in [5.74, 6) is -0.348. The quantitative estimate of drug-likeness (QED) is 0.889. The van der Waals surface area contributed by atoms with E-state index in [1.165, 1.54) is 6.07 Å². The molecular weight excluding hydrogens is 252 g/mol. The van der Waals surface area contributed by atoms with Crippen LogP contribution in [0.4, 0.5) is 0 Å². The smallest absolute Gasteiger partial charge is 0.252 e. The first kappa shape index (κ1) is 12.4. The summed E-state index contributed by atoms with van der Waals surface area (Å²) in [6.45, 7) is 3.65. The lowest BCUT2D eigenvalue weighted by molar-refractivity contribution is 0.0959. The van der Waals surface area contributed by atoms with Crippen molar-refractivity contribution in [2.24, 2.45) is 0 Å². The Balaban J connectivity index is 2.46. The fraction of sp³-hybridized carbons (Fsp3) is 0.0769. The van der Waals surface area contributed by atoms with Crippen LogP contribution in [0, 0.1) is 0 Å². The van der Waals surface area contributed by atoms with Gasteiger partial charge in [0.2, 0.25) is 5.56 Å². The zero-order chi connectivity index (χ0) is 13.1. The monoisotopic (exact) mass is 262 g/mol. The predicted molar refractivity (Wildman–Crippen MR) is 71.9 cm³/mol. The lowest BCUT2D eigenvalue weighted by Crippen LogP contribution is -2.26. The number of benzene rings is 1. The number of carbonyl (C=O) groups excluding carboxylic acids is 1. The summed E-state index contributed by atoms with van der Waals surface area (Å²) in [6, 6.07) is 8.39. The molecule has 1 amide bonds. The Morgan fingerprint density at radius 2 is 2.11 bits per heavy atom. The summed E-state index contributed by atoms with van der Waals surface area (Å²) in [7, 11) is 0. The summed E-state index contributed by atoms with van der Waals surface area (Å²) in [5, 5.41) is 3.62. The number of aromatic nitrogens is 1. The molecule has 1 aromatic carbocycles. The molecule has 1 aromatic heterocycles. The van der Waals surface area contributed by atoms with Crippen LogP contribution in [0.15, 0.2) is 46.7 Å². The minimum Gasteiger partial charge on any atom is -0.347 e. The van der Waals surface area contributed by atoms with Crippen LogP contribution in [0.2, 0.25) is 0 Å². The average Bonchev–Trinajstić information content (AvgIpc) is 2.34. The molecular formula is C13H11ClN2O2. The van der Waals surface area contributed by atoms with Crippen molar-refractivity contribution in [3.05, 3.63) is 57.9 Å². The number of H-pyrrole nitrogens is 1. The molecule has 2 N–H and O–H groups in total. The molecule has 18 heavy (non-hydrogen) atoms. The molecule has 0 fully saturated rings. The van der Waals surface area contributed by atoms with Crippen molar-refractivity contribution in [2.45, 2.75) is 0 Å². The van der Waals surface area contributed by atoms with Gasteiger partial charge in [0.15, 0.2) is 0 Å². The normalized spacial score (nSPS) is 10.3. The number of para-hydroxylation sites is 1. The van der Waals surface area contributed by atoms with E-state index in [9.17, 15) is 9.59 Å². The number of hydrogen-bond acceptors (Lipinski definition) is 2. The second kappa shape index (κ2) is 5.06. The van der Waals surface area contributed by atoms with Crippen LogP contribution in [0.1, 0.15) is 10.4 Å². The average molecular weight is 263 g/mol. The van der Waals surface area contributed by atoms with Gasteiger partial charge < -0.3 is 10.3 Å². The molecule has 0 spiro atoms. The van der Waals surface area contributed by atoms with Gasteiger partial charge in [-0.1, -0.05) is 36.4 Å². The van der Waals surface area contributed by atoms with Gasteiger partial charge in [0.25, 0.3) is 5.91 Å². The highest BCUT2D eigenvalue weighted by atomic mass is 35.5. The van der Waals surface area contributed by atoms with E-state index in [4.69, 9.17) is 11.6 Å². The van der Waals surface area contributed by atoms with Gasteiger partial charge in [0.05, 0.1) is 12.1 Å². The molecule has 0 aliphatic rings. The van der Waals surface area contributed by atoms with Gasteiger partial charge in [-0.05, 0) is 6.07 Å².